The molecule has 0 bridgehead atoms. The van der Waals surface area contributed by atoms with E-state index in [1.165, 1.54) is 16.7 Å². The summed E-state index contributed by atoms with van der Waals surface area (Å²) < 4.78 is 0. The monoisotopic (exact) mass is 525 g/mol. The molecule has 3 aromatic rings. The van der Waals surface area contributed by atoms with Gasteiger partial charge in [0.2, 0.25) is 11.8 Å². The van der Waals surface area contributed by atoms with Gasteiger partial charge in [0.05, 0.1) is 5.92 Å². The standard InChI is InChI=1S/C34H43N3O2/c1-24(2)33(38)36-31-8-5-7-30(23-31)27-17-21-37(22-18-27)20-6-19-35-34(39)32(28-13-9-25(3)10-14-28)29-15-11-26(4)12-16-29/h5,7-16,23-24,27,32H,6,17-22H2,1-4H3,(H,35,39)(H,36,38). The van der Waals surface area contributed by atoms with E-state index in [2.05, 4.69) is 90.0 Å². The first-order valence-electron chi connectivity index (χ1n) is 14.3. The smallest absolute Gasteiger partial charge is 0.232 e. The van der Waals surface area contributed by atoms with Gasteiger partial charge in [-0.1, -0.05) is 85.6 Å². The molecule has 1 aliphatic rings. The molecule has 0 aliphatic carbocycles. The number of anilines is 1. The van der Waals surface area contributed by atoms with Gasteiger partial charge in [0.15, 0.2) is 0 Å². The summed E-state index contributed by atoms with van der Waals surface area (Å²) in [6.07, 6.45) is 3.15. The van der Waals surface area contributed by atoms with Crippen LogP contribution >= 0.6 is 0 Å². The third-order valence-corrected chi connectivity index (χ3v) is 7.77. The zero-order chi connectivity index (χ0) is 27.8. The number of benzene rings is 3. The molecule has 0 spiro atoms. The van der Waals surface area contributed by atoms with E-state index in [0.29, 0.717) is 12.5 Å². The van der Waals surface area contributed by atoms with Crippen LogP contribution < -0.4 is 10.6 Å². The second kappa shape index (κ2) is 13.6. The Kier molecular flexibility index (Phi) is 9.94. The van der Waals surface area contributed by atoms with E-state index in [-0.39, 0.29) is 23.7 Å². The maximum Gasteiger partial charge on any atom is 0.232 e. The first kappa shape index (κ1) is 28.6. The molecule has 206 valence electrons. The number of nitrogens with one attached hydrogen (secondary N) is 2. The molecule has 2 N–H and O–H groups in total. The molecule has 0 radical (unpaired) electrons. The van der Waals surface area contributed by atoms with Crippen LogP contribution in [-0.2, 0) is 9.59 Å². The van der Waals surface area contributed by atoms with Crippen molar-refractivity contribution in [3.05, 3.63) is 101 Å². The molecule has 1 fully saturated rings. The first-order valence-corrected chi connectivity index (χ1v) is 14.3. The Hall–Kier alpha value is -3.44. The third-order valence-electron chi connectivity index (χ3n) is 7.77. The average Bonchev–Trinajstić information content (AvgIpc) is 2.94. The van der Waals surface area contributed by atoms with Crippen molar-refractivity contribution in [2.24, 2.45) is 5.92 Å². The van der Waals surface area contributed by atoms with E-state index >= 15 is 0 Å². The number of piperidine rings is 1. The molecule has 0 unspecified atom stereocenters. The van der Waals surface area contributed by atoms with Crippen LogP contribution in [0.2, 0.25) is 0 Å². The minimum atomic E-state index is -0.303. The molecule has 0 aromatic heterocycles. The molecular weight excluding hydrogens is 482 g/mol. The summed E-state index contributed by atoms with van der Waals surface area (Å²) in [5, 5.41) is 6.24. The fourth-order valence-electron chi connectivity index (χ4n) is 5.28. The number of hydrogen-bond donors (Lipinski definition) is 2. The van der Waals surface area contributed by atoms with Crippen molar-refractivity contribution in [1.29, 1.82) is 0 Å². The van der Waals surface area contributed by atoms with Crippen molar-refractivity contribution < 1.29 is 9.59 Å². The van der Waals surface area contributed by atoms with Crippen LogP contribution in [0.1, 0.15) is 72.8 Å². The average molecular weight is 526 g/mol. The van der Waals surface area contributed by atoms with Crippen molar-refractivity contribution in [3.63, 3.8) is 0 Å². The summed E-state index contributed by atoms with van der Waals surface area (Å²) in [5.41, 5.74) is 6.63. The van der Waals surface area contributed by atoms with Gasteiger partial charge in [0, 0.05) is 18.2 Å². The van der Waals surface area contributed by atoms with Gasteiger partial charge in [-0.2, -0.15) is 0 Å². The molecular formula is C34H43N3O2. The van der Waals surface area contributed by atoms with Crippen LogP contribution in [0.4, 0.5) is 5.69 Å². The Balaban J connectivity index is 1.25. The van der Waals surface area contributed by atoms with Crippen LogP contribution in [0.15, 0.2) is 72.8 Å². The maximum absolute atomic E-state index is 13.3. The van der Waals surface area contributed by atoms with E-state index in [1.54, 1.807) is 0 Å². The molecule has 5 nitrogen and oxygen atoms in total. The second-order valence-corrected chi connectivity index (χ2v) is 11.3. The summed E-state index contributed by atoms with van der Waals surface area (Å²) in [4.78, 5) is 27.9. The maximum atomic E-state index is 13.3. The number of rotatable bonds is 10. The molecule has 1 saturated heterocycles. The number of nitrogens with zero attached hydrogens (tertiary/aromatic N) is 1. The number of aryl methyl sites for hydroxylation is 2. The largest absolute Gasteiger partial charge is 0.355 e. The van der Waals surface area contributed by atoms with Crippen LogP contribution in [0, 0.1) is 19.8 Å². The summed E-state index contributed by atoms with van der Waals surface area (Å²) in [7, 11) is 0. The predicted octanol–water partition coefficient (Wildman–Crippen LogP) is 6.42. The summed E-state index contributed by atoms with van der Waals surface area (Å²) >= 11 is 0. The molecule has 1 aliphatic heterocycles. The molecule has 4 rings (SSSR count). The van der Waals surface area contributed by atoms with E-state index in [9.17, 15) is 9.59 Å². The lowest BCUT2D eigenvalue weighted by Gasteiger charge is -2.32. The van der Waals surface area contributed by atoms with Gasteiger partial charge < -0.3 is 15.5 Å². The van der Waals surface area contributed by atoms with E-state index < -0.39 is 0 Å². The summed E-state index contributed by atoms with van der Waals surface area (Å²) in [5.74, 6) is 0.298. The Morgan fingerprint density at radius 3 is 2.00 bits per heavy atom. The lowest BCUT2D eigenvalue weighted by Crippen LogP contribution is -2.36. The van der Waals surface area contributed by atoms with Crippen LogP contribution in [0.25, 0.3) is 0 Å². The third kappa shape index (κ3) is 8.03. The van der Waals surface area contributed by atoms with E-state index in [0.717, 1.165) is 55.7 Å². The Labute approximate surface area is 234 Å². The minimum absolute atomic E-state index is 0.0298. The van der Waals surface area contributed by atoms with Gasteiger partial charge in [-0.25, -0.2) is 0 Å². The van der Waals surface area contributed by atoms with Gasteiger partial charge in [-0.05, 0) is 87.5 Å². The van der Waals surface area contributed by atoms with Gasteiger partial charge in [0.25, 0.3) is 0 Å². The van der Waals surface area contributed by atoms with Crippen molar-refractivity contribution in [3.8, 4) is 0 Å². The van der Waals surface area contributed by atoms with Crippen molar-refractivity contribution >= 4 is 17.5 Å². The molecule has 3 aromatic carbocycles. The quantitative estimate of drug-likeness (QED) is 0.301. The summed E-state index contributed by atoms with van der Waals surface area (Å²) in [6.45, 7) is 11.7. The lowest BCUT2D eigenvalue weighted by molar-refractivity contribution is -0.121. The van der Waals surface area contributed by atoms with Gasteiger partial charge in [-0.15, -0.1) is 0 Å². The molecule has 1 heterocycles. The number of amides is 2. The first-order chi connectivity index (χ1) is 18.8. The van der Waals surface area contributed by atoms with Crippen LogP contribution in [0.3, 0.4) is 0 Å². The van der Waals surface area contributed by atoms with Crippen LogP contribution in [-0.4, -0.2) is 42.9 Å². The van der Waals surface area contributed by atoms with Gasteiger partial charge >= 0.3 is 0 Å². The fraction of sp³-hybridized carbons (Fsp3) is 0.412. The second-order valence-electron chi connectivity index (χ2n) is 11.3. The Morgan fingerprint density at radius 1 is 0.846 bits per heavy atom. The topological polar surface area (TPSA) is 61.4 Å². The van der Waals surface area contributed by atoms with Crippen molar-refractivity contribution in [1.82, 2.24) is 10.2 Å². The van der Waals surface area contributed by atoms with Gasteiger partial charge in [-0.3, -0.25) is 9.59 Å². The molecule has 0 atom stereocenters. The SMILES string of the molecule is Cc1ccc(C(C(=O)NCCCN2CCC(c3cccc(NC(=O)C(C)C)c3)CC2)c2ccc(C)cc2)cc1. The van der Waals surface area contributed by atoms with E-state index in [4.69, 9.17) is 0 Å². The van der Waals surface area contributed by atoms with Crippen molar-refractivity contribution in [2.75, 3.05) is 31.5 Å². The highest BCUT2D eigenvalue weighted by atomic mass is 16.2. The fourth-order valence-corrected chi connectivity index (χ4v) is 5.28. The van der Waals surface area contributed by atoms with Gasteiger partial charge in [0.1, 0.15) is 0 Å². The normalized spacial score (nSPS) is 14.5. The number of carbonyl (C=O) groups excluding carboxylic acids is 2. The molecule has 39 heavy (non-hydrogen) atoms. The zero-order valence-electron chi connectivity index (χ0n) is 23.9. The number of likely N-dealkylation sites (tertiary alicyclic amines) is 1. The van der Waals surface area contributed by atoms with E-state index in [1.807, 2.05) is 26.0 Å². The molecule has 2 amide bonds. The summed E-state index contributed by atoms with van der Waals surface area (Å²) in [6, 6.07) is 24.9. The highest BCUT2D eigenvalue weighted by Crippen LogP contribution is 2.30. The number of carbonyl (C=O) groups is 2. The van der Waals surface area contributed by atoms with Crippen molar-refractivity contribution in [2.45, 2.75) is 58.8 Å². The Bertz CT molecular complexity index is 1180. The zero-order valence-corrected chi connectivity index (χ0v) is 23.9. The highest BCUT2D eigenvalue weighted by molar-refractivity contribution is 5.92. The lowest BCUT2D eigenvalue weighted by atomic mass is 9.89. The predicted molar refractivity (Wildman–Crippen MR) is 160 cm³/mol. The molecule has 5 heteroatoms. The number of hydrogen-bond acceptors (Lipinski definition) is 3. The molecule has 0 saturated carbocycles. The highest BCUT2D eigenvalue weighted by Gasteiger charge is 2.23. The Morgan fingerprint density at radius 2 is 1.44 bits per heavy atom. The van der Waals surface area contributed by atoms with Crippen LogP contribution in [0.5, 0.6) is 0 Å². The minimum Gasteiger partial charge on any atom is -0.355 e.